The molecule has 0 unspecified atom stereocenters. The summed E-state index contributed by atoms with van der Waals surface area (Å²) in [7, 11) is 1.63. The molecule has 0 saturated carbocycles. The van der Waals surface area contributed by atoms with Crippen molar-refractivity contribution >= 4 is 11.0 Å². The van der Waals surface area contributed by atoms with Crippen molar-refractivity contribution in [3.05, 3.63) is 126 Å². The van der Waals surface area contributed by atoms with Crippen molar-refractivity contribution in [1.29, 1.82) is 0 Å². The number of hydrogen-bond donors (Lipinski definition) is 0. The Hall–Kier alpha value is -3.92. The second-order valence-electron chi connectivity index (χ2n) is 7.10. The van der Waals surface area contributed by atoms with Crippen LogP contribution in [-0.2, 0) is 5.54 Å². The van der Waals surface area contributed by atoms with Gasteiger partial charge in [0, 0.05) is 6.20 Å². The smallest absolute Gasteiger partial charge is 0.259 e. The first-order valence-corrected chi connectivity index (χ1v) is 9.90. The molecular formula is C26H21N3O. The molecule has 4 heteroatoms. The van der Waals surface area contributed by atoms with Crippen LogP contribution in [0.3, 0.4) is 0 Å². The number of ether oxygens (including phenoxy) is 1. The maximum atomic E-state index is 5.62. The van der Waals surface area contributed by atoms with E-state index in [0.29, 0.717) is 5.88 Å². The number of aromatic nitrogens is 3. The maximum Gasteiger partial charge on any atom is 0.259 e. The van der Waals surface area contributed by atoms with E-state index in [2.05, 4.69) is 77.8 Å². The zero-order valence-electron chi connectivity index (χ0n) is 16.6. The normalized spacial score (nSPS) is 11.5. The van der Waals surface area contributed by atoms with E-state index in [1.165, 1.54) is 0 Å². The van der Waals surface area contributed by atoms with E-state index in [4.69, 9.17) is 9.84 Å². The summed E-state index contributed by atoms with van der Waals surface area (Å²) in [5, 5.41) is 4.94. The molecule has 0 saturated heterocycles. The first-order valence-electron chi connectivity index (χ1n) is 9.90. The van der Waals surface area contributed by atoms with Crippen LogP contribution < -0.4 is 4.74 Å². The number of methoxy groups -OCH3 is 1. The fourth-order valence-electron chi connectivity index (χ4n) is 4.22. The molecule has 0 spiro atoms. The lowest BCUT2D eigenvalue weighted by Gasteiger charge is -2.36. The molecule has 0 aliphatic rings. The Balaban J connectivity index is 1.98. The highest BCUT2D eigenvalue weighted by Gasteiger charge is 2.41. The molecule has 146 valence electrons. The minimum Gasteiger partial charge on any atom is -0.478 e. The highest BCUT2D eigenvalue weighted by molar-refractivity contribution is 5.81. The Morgan fingerprint density at radius 1 is 0.667 bits per heavy atom. The highest BCUT2D eigenvalue weighted by atomic mass is 16.5. The molecule has 2 aromatic heterocycles. The lowest BCUT2D eigenvalue weighted by Crippen LogP contribution is -2.38. The molecular weight excluding hydrogens is 370 g/mol. The van der Waals surface area contributed by atoms with Gasteiger partial charge in [-0.2, -0.15) is 0 Å². The summed E-state index contributed by atoms with van der Waals surface area (Å²) >= 11 is 0. The predicted octanol–water partition coefficient (Wildman–Crippen LogP) is 5.28. The molecule has 4 nitrogen and oxygen atoms in total. The van der Waals surface area contributed by atoms with Crippen molar-refractivity contribution in [1.82, 2.24) is 14.8 Å². The van der Waals surface area contributed by atoms with Gasteiger partial charge in [-0.1, -0.05) is 91.0 Å². The van der Waals surface area contributed by atoms with Crippen LogP contribution in [0.1, 0.15) is 16.7 Å². The van der Waals surface area contributed by atoms with E-state index < -0.39 is 5.54 Å². The molecule has 0 N–H and O–H groups in total. The van der Waals surface area contributed by atoms with Crippen molar-refractivity contribution in [3.8, 4) is 5.88 Å². The second-order valence-corrected chi connectivity index (χ2v) is 7.10. The third-order valence-electron chi connectivity index (χ3n) is 5.49. The molecule has 0 fully saturated rings. The molecule has 3 aromatic carbocycles. The lowest BCUT2D eigenvalue weighted by molar-refractivity contribution is 0.377. The zero-order valence-corrected chi connectivity index (χ0v) is 16.6. The van der Waals surface area contributed by atoms with Gasteiger partial charge in [-0.05, 0) is 28.8 Å². The average molecular weight is 391 g/mol. The molecule has 2 heterocycles. The second kappa shape index (κ2) is 7.48. The quantitative estimate of drug-likeness (QED) is 0.383. The van der Waals surface area contributed by atoms with E-state index in [-0.39, 0.29) is 0 Å². The zero-order chi connectivity index (χ0) is 20.4. The Bertz CT molecular complexity index is 1170. The third kappa shape index (κ3) is 2.69. The molecule has 0 aliphatic heterocycles. The van der Waals surface area contributed by atoms with Gasteiger partial charge < -0.3 is 4.74 Å². The van der Waals surface area contributed by atoms with Crippen LogP contribution >= 0.6 is 0 Å². The largest absolute Gasteiger partial charge is 0.478 e. The summed E-state index contributed by atoms with van der Waals surface area (Å²) in [5.41, 5.74) is 4.29. The minimum absolute atomic E-state index is 0.512. The molecule has 0 bridgehead atoms. The van der Waals surface area contributed by atoms with Gasteiger partial charge in [0.2, 0.25) is 0 Å². The van der Waals surface area contributed by atoms with E-state index in [9.17, 15) is 0 Å². The van der Waals surface area contributed by atoms with E-state index in [1.54, 1.807) is 13.3 Å². The highest BCUT2D eigenvalue weighted by Crippen LogP contribution is 2.43. The van der Waals surface area contributed by atoms with Gasteiger partial charge >= 0.3 is 0 Å². The van der Waals surface area contributed by atoms with E-state index >= 15 is 0 Å². The van der Waals surface area contributed by atoms with Gasteiger partial charge in [0.1, 0.15) is 5.54 Å². The molecule has 5 rings (SSSR count). The minimum atomic E-state index is -0.693. The Kier molecular flexibility index (Phi) is 4.52. The SMILES string of the molecule is COc1nn(C(c2ccccc2)(c2ccccc2)c2ccccc2)c2cccnc12. The Labute approximate surface area is 175 Å². The standard InChI is InChI=1S/C26H21N3O/c1-30-25-24-23(18-11-19-27-24)29(28-25)26(20-12-5-2-6-13-20,21-14-7-3-8-15-21)22-16-9-4-10-17-22/h2-19H,1H3. The third-order valence-corrected chi connectivity index (χ3v) is 5.49. The van der Waals surface area contributed by atoms with Crippen LogP contribution in [0.25, 0.3) is 11.0 Å². The maximum absolute atomic E-state index is 5.62. The first kappa shape index (κ1) is 18.1. The molecule has 0 radical (unpaired) electrons. The van der Waals surface area contributed by atoms with Crippen LogP contribution in [0.5, 0.6) is 5.88 Å². The van der Waals surface area contributed by atoms with Gasteiger partial charge in [-0.3, -0.25) is 0 Å². The van der Waals surface area contributed by atoms with Gasteiger partial charge in [-0.25, -0.2) is 9.67 Å². The van der Waals surface area contributed by atoms with Crippen molar-refractivity contribution in [2.45, 2.75) is 5.54 Å². The summed E-state index contributed by atoms with van der Waals surface area (Å²) in [6.45, 7) is 0. The summed E-state index contributed by atoms with van der Waals surface area (Å²) < 4.78 is 7.67. The fraction of sp³-hybridized carbons (Fsp3) is 0.0769. The van der Waals surface area contributed by atoms with Crippen molar-refractivity contribution in [3.63, 3.8) is 0 Å². The summed E-state index contributed by atoms with van der Waals surface area (Å²) in [6, 6.07) is 35.4. The number of rotatable bonds is 5. The van der Waals surface area contributed by atoms with Crippen LogP contribution in [0.4, 0.5) is 0 Å². The summed E-state index contributed by atoms with van der Waals surface area (Å²) in [4.78, 5) is 4.56. The van der Waals surface area contributed by atoms with Crippen LogP contribution in [-0.4, -0.2) is 21.9 Å². The van der Waals surface area contributed by atoms with Crippen LogP contribution in [0, 0.1) is 0 Å². The molecule has 0 aliphatic carbocycles. The van der Waals surface area contributed by atoms with E-state index in [1.807, 2.05) is 35.0 Å². The number of hydrogen-bond acceptors (Lipinski definition) is 3. The number of benzene rings is 3. The average Bonchev–Trinajstić information content (AvgIpc) is 3.21. The number of pyridine rings is 1. The topological polar surface area (TPSA) is 39.9 Å². The fourth-order valence-corrected chi connectivity index (χ4v) is 4.22. The number of fused-ring (bicyclic) bond motifs is 1. The number of nitrogens with zero attached hydrogens (tertiary/aromatic N) is 3. The monoisotopic (exact) mass is 391 g/mol. The van der Waals surface area contributed by atoms with Crippen LogP contribution in [0.15, 0.2) is 109 Å². The molecule has 30 heavy (non-hydrogen) atoms. The van der Waals surface area contributed by atoms with Crippen molar-refractivity contribution in [2.24, 2.45) is 0 Å². The van der Waals surface area contributed by atoms with Gasteiger partial charge in [-0.15, -0.1) is 5.10 Å². The van der Waals surface area contributed by atoms with Crippen molar-refractivity contribution in [2.75, 3.05) is 7.11 Å². The van der Waals surface area contributed by atoms with Gasteiger partial charge in [0.25, 0.3) is 5.88 Å². The first-order chi connectivity index (χ1) is 14.9. The molecule has 0 amide bonds. The lowest BCUT2D eigenvalue weighted by atomic mass is 9.77. The molecule has 5 aromatic rings. The van der Waals surface area contributed by atoms with Gasteiger partial charge in [0.15, 0.2) is 5.52 Å². The molecule has 0 atom stereocenters. The summed E-state index contributed by atoms with van der Waals surface area (Å²) in [6.07, 6.45) is 1.77. The Morgan fingerprint density at radius 2 is 1.17 bits per heavy atom. The van der Waals surface area contributed by atoms with Crippen molar-refractivity contribution < 1.29 is 4.74 Å². The van der Waals surface area contributed by atoms with Gasteiger partial charge in [0.05, 0.1) is 12.6 Å². The summed E-state index contributed by atoms with van der Waals surface area (Å²) in [5.74, 6) is 0.512. The Morgan fingerprint density at radius 3 is 1.63 bits per heavy atom. The van der Waals surface area contributed by atoms with Crippen LogP contribution in [0.2, 0.25) is 0 Å². The predicted molar refractivity (Wildman–Crippen MR) is 119 cm³/mol. The van der Waals surface area contributed by atoms with E-state index in [0.717, 1.165) is 27.7 Å².